The lowest BCUT2D eigenvalue weighted by Crippen LogP contribution is -2.65. The lowest BCUT2D eigenvalue weighted by atomic mass is 9.90. The number of aromatic hydroxyl groups is 3. The molecule has 1 aliphatic heterocycles. The van der Waals surface area contributed by atoms with Crippen molar-refractivity contribution in [3.63, 3.8) is 0 Å². The zero-order chi connectivity index (χ0) is 42.5. The van der Waals surface area contributed by atoms with Gasteiger partial charge in [-0.3, -0.25) is 9.59 Å². The summed E-state index contributed by atoms with van der Waals surface area (Å²) in [5, 5.41) is 93.9. The predicted molar refractivity (Wildman–Crippen MR) is 205 cm³/mol. The van der Waals surface area contributed by atoms with Gasteiger partial charge < -0.3 is 73.7 Å². The van der Waals surface area contributed by atoms with Gasteiger partial charge in [-0.2, -0.15) is 0 Å². The molecule has 4 aromatic carbocycles. The first-order valence-corrected chi connectivity index (χ1v) is 17.7. The van der Waals surface area contributed by atoms with E-state index in [9.17, 15) is 60.3 Å². The molecule has 6 aromatic rings. The van der Waals surface area contributed by atoms with E-state index in [1.165, 1.54) is 68.8 Å². The fourth-order valence-electron chi connectivity index (χ4n) is 6.93. The van der Waals surface area contributed by atoms with Crippen LogP contribution in [0.2, 0.25) is 0 Å². The maximum atomic E-state index is 13.8. The van der Waals surface area contributed by atoms with E-state index >= 15 is 0 Å². The van der Waals surface area contributed by atoms with Crippen molar-refractivity contribution in [3.05, 3.63) is 93.2 Å². The second-order valence-electron chi connectivity index (χ2n) is 13.6. The summed E-state index contributed by atoms with van der Waals surface area (Å²) in [4.78, 5) is 40.3. The Morgan fingerprint density at radius 1 is 0.814 bits per heavy atom. The van der Waals surface area contributed by atoms with Crippen molar-refractivity contribution in [2.45, 2.75) is 42.7 Å². The first-order valence-electron chi connectivity index (χ1n) is 17.7. The van der Waals surface area contributed by atoms with E-state index in [-0.39, 0.29) is 62.0 Å². The summed E-state index contributed by atoms with van der Waals surface area (Å²) in [5.41, 5.74) is -1.73. The molecule has 9 N–H and O–H groups in total. The molecule has 2 aromatic heterocycles. The van der Waals surface area contributed by atoms with E-state index in [4.69, 9.17) is 27.8 Å². The Hall–Kier alpha value is -6.67. The molecule has 1 fully saturated rings. The minimum Gasteiger partial charge on any atom is -0.508 e. The third-order valence-electron chi connectivity index (χ3n) is 9.92. The van der Waals surface area contributed by atoms with E-state index in [1.54, 1.807) is 0 Å². The number of phenols is 3. The molecule has 0 bridgehead atoms. The average molecular weight is 817 g/mol. The number of rotatable bonds is 11. The van der Waals surface area contributed by atoms with Crippen LogP contribution >= 0.6 is 0 Å². The van der Waals surface area contributed by atoms with E-state index < -0.39 is 94.4 Å². The van der Waals surface area contributed by atoms with Crippen LogP contribution < -0.4 is 25.1 Å². The molecule has 6 atom stereocenters. The van der Waals surface area contributed by atoms with E-state index in [2.05, 4.69) is 0 Å². The Kier molecular flexibility index (Phi) is 10.7. The van der Waals surface area contributed by atoms with Crippen LogP contribution in [0.4, 0.5) is 0 Å². The fourth-order valence-corrected chi connectivity index (χ4v) is 6.93. The number of carboxylic acids is 1. The van der Waals surface area contributed by atoms with Gasteiger partial charge in [0, 0.05) is 47.0 Å². The highest BCUT2D eigenvalue weighted by Gasteiger charge is 2.56. The number of hydrogen-bond acceptors (Lipinski definition) is 17. The summed E-state index contributed by atoms with van der Waals surface area (Å²) >= 11 is 0. The highest BCUT2D eigenvalue weighted by molar-refractivity contribution is 6.02. The summed E-state index contributed by atoms with van der Waals surface area (Å²) in [6.07, 6.45) is -11.2. The minimum atomic E-state index is -3.01. The third-order valence-corrected chi connectivity index (χ3v) is 9.92. The number of aliphatic hydroxyl groups excluding tert-OH is 5. The van der Waals surface area contributed by atoms with Gasteiger partial charge in [-0.1, -0.05) is 0 Å². The van der Waals surface area contributed by atoms with E-state index in [1.807, 2.05) is 0 Å². The van der Waals surface area contributed by atoms with Crippen molar-refractivity contribution in [1.82, 2.24) is 0 Å². The van der Waals surface area contributed by atoms with Crippen molar-refractivity contribution >= 4 is 27.9 Å². The normalized spacial score (nSPS) is 20.3. The Labute approximate surface area is 331 Å². The lowest BCUT2D eigenvalue weighted by molar-refractivity contribution is -0.303. The maximum Gasteiger partial charge on any atom is 0.377 e. The van der Waals surface area contributed by atoms with Crippen LogP contribution in [0, 0.1) is 0 Å². The number of ether oxygens (including phenoxy) is 4. The number of phenolic OH excluding ortho intramolecular Hbond substituents is 3. The molecule has 308 valence electrons. The topological polar surface area (TPSA) is 296 Å². The lowest BCUT2D eigenvalue weighted by Gasteiger charge is -2.44. The van der Waals surface area contributed by atoms with Gasteiger partial charge in [-0.05, 0) is 42.5 Å². The number of aliphatic hydroxyl groups is 5. The van der Waals surface area contributed by atoms with Crippen LogP contribution in [0.15, 0.2) is 91.2 Å². The molecule has 18 heteroatoms. The molecule has 0 unspecified atom stereocenters. The number of methoxy groups -OCH3 is 2. The zero-order valence-electron chi connectivity index (χ0n) is 30.9. The quantitative estimate of drug-likeness (QED) is 0.0907. The van der Waals surface area contributed by atoms with Crippen molar-refractivity contribution in [1.29, 1.82) is 0 Å². The highest BCUT2D eigenvalue weighted by atomic mass is 16.7. The Morgan fingerprint density at radius 2 is 1.46 bits per heavy atom. The first kappa shape index (κ1) is 40.5. The van der Waals surface area contributed by atoms with Crippen LogP contribution in [-0.4, -0.2) is 109 Å². The summed E-state index contributed by atoms with van der Waals surface area (Å²) in [7, 11) is 2.63. The zero-order valence-corrected chi connectivity index (χ0v) is 30.9. The largest absolute Gasteiger partial charge is 0.508 e. The van der Waals surface area contributed by atoms with Crippen molar-refractivity contribution in [2.24, 2.45) is 0 Å². The van der Waals surface area contributed by atoms with Crippen LogP contribution in [-0.2, 0) is 9.53 Å². The van der Waals surface area contributed by atoms with Gasteiger partial charge in [0.15, 0.2) is 16.4 Å². The fraction of sp³-hybridized carbons (Fsp3) is 0.244. The van der Waals surface area contributed by atoms with Gasteiger partial charge >= 0.3 is 11.8 Å². The summed E-state index contributed by atoms with van der Waals surface area (Å²) < 4.78 is 35.0. The molecule has 7 rings (SSSR count). The third kappa shape index (κ3) is 7.24. The first-order chi connectivity index (χ1) is 28.1. The Bertz CT molecular complexity index is 2700. The second-order valence-corrected chi connectivity index (χ2v) is 13.6. The molecule has 0 spiro atoms. The van der Waals surface area contributed by atoms with Crippen LogP contribution in [0.25, 0.3) is 55.7 Å². The predicted octanol–water partition coefficient (Wildman–Crippen LogP) is 2.42. The number of aliphatic carboxylic acids is 1. The van der Waals surface area contributed by atoms with Gasteiger partial charge in [0.1, 0.15) is 86.8 Å². The van der Waals surface area contributed by atoms with Gasteiger partial charge in [0.05, 0.1) is 38.9 Å². The Morgan fingerprint density at radius 3 is 2.10 bits per heavy atom. The number of carbonyl (C=O) groups is 1. The molecule has 0 amide bonds. The van der Waals surface area contributed by atoms with Gasteiger partial charge in [-0.15, -0.1) is 0 Å². The molecule has 0 aliphatic carbocycles. The van der Waals surface area contributed by atoms with Crippen LogP contribution in [0.1, 0.15) is 6.42 Å². The molecular formula is C41H36O18. The van der Waals surface area contributed by atoms with Gasteiger partial charge in [0.2, 0.25) is 0 Å². The molecule has 3 heterocycles. The van der Waals surface area contributed by atoms with Crippen molar-refractivity contribution < 1.29 is 78.5 Å². The smallest absolute Gasteiger partial charge is 0.377 e. The summed E-state index contributed by atoms with van der Waals surface area (Å²) in [6.45, 7) is -1.04. The standard InChI is InChI=1S/C41H36O18/c1-54-20-10-22(44)34-23(45)12-30(56-31(34)11-20)18-5-8-28(55-2)21(9-18)33-32(58-41(40(52)53)15-26(48)36(50)39(59-41)37(51)27(49)16-42)14-25(47)35-24(46)13-29(57-38(33)35)17-3-6-19(43)7-4-17/h3-14,26-27,36-37,39,42-44,47-51H,15-16H2,1-2H3,(H,52,53)/t26-,27+,36+,37+,39+,41+/m0/s1. The molecule has 1 saturated heterocycles. The molecule has 0 radical (unpaired) electrons. The number of hydrogen-bond donors (Lipinski definition) is 9. The molecule has 18 nitrogen and oxygen atoms in total. The van der Waals surface area contributed by atoms with Gasteiger partial charge in [0.25, 0.3) is 0 Å². The number of benzene rings is 4. The molecule has 59 heavy (non-hydrogen) atoms. The van der Waals surface area contributed by atoms with Gasteiger partial charge in [-0.25, -0.2) is 4.79 Å². The monoisotopic (exact) mass is 816 g/mol. The van der Waals surface area contributed by atoms with E-state index in [0.717, 1.165) is 18.2 Å². The molecule has 0 saturated carbocycles. The summed E-state index contributed by atoms with van der Waals surface area (Å²) in [6, 6.07) is 15.5. The average Bonchev–Trinajstić information content (AvgIpc) is 3.20. The van der Waals surface area contributed by atoms with E-state index in [0.29, 0.717) is 0 Å². The minimum absolute atomic E-state index is 0.0227. The molecule has 1 aliphatic rings. The number of fused-ring (bicyclic) bond motifs is 2. The highest BCUT2D eigenvalue weighted by Crippen LogP contribution is 2.48. The van der Waals surface area contributed by atoms with Crippen molar-refractivity contribution in [2.75, 3.05) is 20.8 Å². The Balaban J connectivity index is 1.52. The SMILES string of the molecule is COc1cc(O)c2c(=O)cc(-c3ccc(OC)c(-c4c(O[C@]5(C(=O)O)C[C@H](O)[C@@H](O)[C@H]([C@H](O)[C@H](O)CO)O5)cc(O)c5c(=O)cc(-c6ccc(O)cc6)oc45)c3)oc2c1. The molecular weight excluding hydrogens is 780 g/mol. The van der Waals surface area contributed by atoms with Crippen molar-refractivity contribution in [3.8, 4) is 68.3 Å². The summed E-state index contributed by atoms with van der Waals surface area (Å²) in [5.74, 6) is -6.74. The van der Waals surface area contributed by atoms with Crippen LogP contribution in [0.3, 0.4) is 0 Å². The van der Waals surface area contributed by atoms with Crippen LogP contribution in [0.5, 0.6) is 34.5 Å². The second kappa shape index (κ2) is 15.6. The number of carboxylic acid groups (broad SMARTS) is 1. The maximum absolute atomic E-state index is 13.8.